The van der Waals surface area contributed by atoms with Gasteiger partial charge in [0.25, 0.3) is 0 Å². The molecule has 0 saturated carbocycles. The van der Waals surface area contributed by atoms with E-state index in [1.165, 1.54) is 135 Å². The number of aliphatic hydroxyl groups excluding tert-OH is 5. The maximum atomic E-state index is 13.0. The van der Waals surface area contributed by atoms with Crippen molar-refractivity contribution >= 4 is 11.9 Å². The van der Waals surface area contributed by atoms with Crippen molar-refractivity contribution in [1.82, 2.24) is 5.32 Å². The first kappa shape index (κ1) is 63.9. The monoisotopic (exact) mass is 964 g/mol. The highest BCUT2D eigenvalue weighted by atomic mass is 16.7. The Morgan fingerprint density at radius 3 is 1.46 bits per heavy atom. The van der Waals surface area contributed by atoms with Gasteiger partial charge < -0.3 is 45.1 Å². The first-order valence-corrected chi connectivity index (χ1v) is 28.3. The third kappa shape index (κ3) is 36.8. The molecule has 1 fully saturated rings. The second kappa shape index (κ2) is 47.2. The minimum absolute atomic E-state index is 0.0244. The Morgan fingerprint density at radius 2 is 0.956 bits per heavy atom. The van der Waals surface area contributed by atoms with Crippen LogP contribution >= 0.6 is 0 Å². The third-order valence-corrected chi connectivity index (χ3v) is 13.2. The van der Waals surface area contributed by atoms with Crippen LogP contribution in [-0.4, -0.2) is 100 Å². The van der Waals surface area contributed by atoms with E-state index in [0.717, 1.165) is 89.9 Å². The van der Waals surface area contributed by atoms with Crippen LogP contribution in [0.2, 0.25) is 0 Å². The summed E-state index contributed by atoms with van der Waals surface area (Å²) in [6, 6.07) is -0.819. The van der Waals surface area contributed by atoms with Crippen molar-refractivity contribution in [3.8, 4) is 0 Å². The summed E-state index contributed by atoms with van der Waals surface area (Å²) < 4.78 is 16.7. The van der Waals surface area contributed by atoms with E-state index in [1.807, 2.05) is 6.08 Å². The molecular formula is C57H105NO10. The molecule has 1 rings (SSSR count). The topological polar surface area (TPSA) is 175 Å². The molecule has 1 amide bonds. The Labute approximate surface area is 415 Å². The van der Waals surface area contributed by atoms with Crippen LogP contribution in [0, 0.1) is 0 Å². The molecule has 6 N–H and O–H groups in total. The molecular weight excluding hydrogens is 859 g/mol. The van der Waals surface area contributed by atoms with Gasteiger partial charge in [-0.05, 0) is 77.0 Å². The SMILES string of the molecule is CCCC/C=C\CCCCCCCC(=O)OCCCCCCCCCCC/C=C\CCCCCCCC(=O)NC(COC1OC(CO)C(O)C(O)C1O)C(O)/C=C/CCCCCCCCCCC. The molecule has 1 heterocycles. The van der Waals surface area contributed by atoms with Crippen LogP contribution < -0.4 is 5.32 Å². The normalized spacial score (nSPS) is 19.7. The minimum atomic E-state index is -1.57. The summed E-state index contributed by atoms with van der Waals surface area (Å²) in [4.78, 5) is 25.0. The zero-order chi connectivity index (χ0) is 49.6. The Kier molecular flexibility index (Phi) is 44.4. The molecule has 7 unspecified atom stereocenters. The van der Waals surface area contributed by atoms with Crippen LogP contribution in [0.3, 0.4) is 0 Å². The van der Waals surface area contributed by atoms with Gasteiger partial charge in [0.1, 0.15) is 24.4 Å². The zero-order valence-corrected chi connectivity index (χ0v) is 43.6. The van der Waals surface area contributed by atoms with Crippen molar-refractivity contribution in [2.24, 2.45) is 0 Å². The Bertz CT molecular complexity index is 1230. The Balaban J connectivity index is 2.11. The molecule has 11 nitrogen and oxygen atoms in total. The van der Waals surface area contributed by atoms with E-state index in [4.69, 9.17) is 14.2 Å². The maximum Gasteiger partial charge on any atom is 0.305 e. The van der Waals surface area contributed by atoms with E-state index in [9.17, 15) is 35.1 Å². The highest BCUT2D eigenvalue weighted by Crippen LogP contribution is 2.23. The lowest BCUT2D eigenvalue weighted by atomic mass is 9.99. The number of ether oxygens (including phenoxy) is 3. The predicted molar refractivity (Wildman–Crippen MR) is 278 cm³/mol. The second-order valence-corrected chi connectivity index (χ2v) is 19.6. The van der Waals surface area contributed by atoms with E-state index in [1.54, 1.807) is 6.08 Å². The van der Waals surface area contributed by atoms with Crippen LogP contribution in [-0.2, 0) is 23.8 Å². The predicted octanol–water partition coefficient (Wildman–Crippen LogP) is 12.3. The van der Waals surface area contributed by atoms with E-state index in [-0.39, 0.29) is 18.5 Å². The van der Waals surface area contributed by atoms with Crippen LogP contribution in [0.1, 0.15) is 251 Å². The number of nitrogens with one attached hydrogen (secondary N) is 1. The molecule has 0 radical (unpaired) electrons. The number of carbonyl (C=O) groups excluding carboxylic acids is 2. The smallest absolute Gasteiger partial charge is 0.305 e. The molecule has 1 saturated heterocycles. The van der Waals surface area contributed by atoms with E-state index in [2.05, 4.69) is 43.5 Å². The van der Waals surface area contributed by atoms with Crippen LogP contribution in [0.25, 0.3) is 0 Å². The standard InChI is InChI=1S/C57H105NO10/c1-3-5-7-9-11-13-23-27-31-35-39-43-50(60)49(48-67-57-56(65)55(64)54(63)51(47-59)68-57)58-52(61)44-40-36-32-28-25-21-19-17-15-16-18-20-22-26-30-34-38-42-46-66-53(62)45-41-37-33-29-24-14-12-10-8-6-4-2/h10,12,17,19,39,43,49-51,54-57,59-60,63-65H,3-9,11,13-16,18,20-38,40-42,44-48H2,1-2H3,(H,58,61)/b12-10-,19-17-,43-39+. The first-order valence-electron chi connectivity index (χ1n) is 28.3. The number of aliphatic hydroxyl groups is 5. The van der Waals surface area contributed by atoms with Gasteiger partial charge >= 0.3 is 5.97 Å². The van der Waals surface area contributed by atoms with Crippen molar-refractivity contribution in [3.63, 3.8) is 0 Å². The summed E-state index contributed by atoms with van der Waals surface area (Å²) in [6.07, 6.45) is 46.6. The van der Waals surface area contributed by atoms with Crippen molar-refractivity contribution in [2.45, 2.75) is 294 Å². The lowest BCUT2D eigenvalue weighted by Crippen LogP contribution is -2.60. The van der Waals surface area contributed by atoms with Gasteiger partial charge in [0.15, 0.2) is 6.29 Å². The zero-order valence-electron chi connectivity index (χ0n) is 43.6. The average Bonchev–Trinajstić information content (AvgIpc) is 3.33. The fourth-order valence-corrected chi connectivity index (χ4v) is 8.64. The number of hydrogen-bond acceptors (Lipinski definition) is 10. The van der Waals surface area contributed by atoms with Gasteiger partial charge in [-0.2, -0.15) is 0 Å². The summed E-state index contributed by atoms with van der Waals surface area (Å²) in [5.74, 6) is -0.222. The quantitative estimate of drug-likeness (QED) is 0.0196. The van der Waals surface area contributed by atoms with E-state index < -0.39 is 49.5 Å². The van der Waals surface area contributed by atoms with Gasteiger partial charge in [0, 0.05) is 12.8 Å². The van der Waals surface area contributed by atoms with Crippen LogP contribution in [0.5, 0.6) is 0 Å². The molecule has 0 aromatic rings. The van der Waals surface area contributed by atoms with Gasteiger partial charge in [0.05, 0.1) is 32.0 Å². The van der Waals surface area contributed by atoms with E-state index in [0.29, 0.717) is 19.4 Å². The largest absolute Gasteiger partial charge is 0.466 e. The number of amides is 1. The Hall–Kier alpha value is -2.12. The summed E-state index contributed by atoms with van der Waals surface area (Å²) in [7, 11) is 0. The molecule has 0 aromatic carbocycles. The van der Waals surface area contributed by atoms with Gasteiger partial charge in [-0.15, -0.1) is 0 Å². The number of rotatable bonds is 48. The number of allylic oxidation sites excluding steroid dienone is 5. The molecule has 1 aliphatic heterocycles. The van der Waals surface area contributed by atoms with Gasteiger partial charge in [-0.1, -0.05) is 198 Å². The average molecular weight is 964 g/mol. The molecule has 398 valence electrons. The Morgan fingerprint density at radius 1 is 0.529 bits per heavy atom. The van der Waals surface area contributed by atoms with E-state index >= 15 is 0 Å². The molecule has 0 spiro atoms. The van der Waals surface area contributed by atoms with Crippen LogP contribution in [0.4, 0.5) is 0 Å². The highest BCUT2D eigenvalue weighted by Gasteiger charge is 2.44. The first-order chi connectivity index (χ1) is 33.2. The van der Waals surface area contributed by atoms with Gasteiger partial charge in [0.2, 0.25) is 5.91 Å². The van der Waals surface area contributed by atoms with Crippen molar-refractivity contribution in [1.29, 1.82) is 0 Å². The maximum absolute atomic E-state index is 13.0. The van der Waals surface area contributed by atoms with Gasteiger partial charge in [-0.25, -0.2) is 0 Å². The summed E-state index contributed by atoms with van der Waals surface area (Å²) in [5, 5.41) is 54.2. The minimum Gasteiger partial charge on any atom is -0.466 e. The van der Waals surface area contributed by atoms with Crippen molar-refractivity contribution in [2.75, 3.05) is 19.8 Å². The fourth-order valence-electron chi connectivity index (χ4n) is 8.64. The molecule has 0 bridgehead atoms. The molecule has 11 heteroatoms. The number of hydrogen-bond donors (Lipinski definition) is 6. The lowest BCUT2D eigenvalue weighted by molar-refractivity contribution is -0.302. The van der Waals surface area contributed by atoms with Gasteiger partial charge in [-0.3, -0.25) is 9.59 Å². The summed E-state index contributed by atoms with van der Waals surface area (Å²) in [6.45, 7) is 4.26. The number of carbonyl (C=O) groups is 2. The third-order valence-electron chi connectivity index (χ3n) is 13.2. The number of unbranched alkanes of at least 4 members (excludes halogenated alkanes) is 30. The number of esters is 1. The molecule has 0 aromatic heterocycles. The summed E-state index contributed by atoms with van der Waals surface area (Å²) >= 11 is 0. The lowest BCUT2D eigenvalue weighted by Gasteiger charge is -2.40. The second-order valence-electron chi connectivity index (χ2n) is 19.6. The molecule has 0 aliphatic carbocycles. The van der Waals surface area contributed by atoms with Crippen molar-refractivity contribution < 1.29 is 49.3 Å². The fraction of sp³-hybridized carbons (Fsp3) is 0.860. The van der Waals surface area contributed by atoms with Crippen LogP contribution in [0.15, 0.2) is 36.5 Å². The highest BCUT2D eigenvalue weighted by molar-refractivity contribution is 5.76. The molecule has 1 aliphatic rings. The molecule has 68 heavy (non-hydrogen) atoms. The molecule has 7 atom stereocenters. The summed E-state index contributed by atoms with van der Waals surface area (Å²) in [5.41, 5.74) is 0. The van der Waals surface area contributed by atoms with Crippen molar-refractivity contribution in [3.05, 3.63) is 36.5 Å².